The normalized spacial score (nSPS) is 13.6. The molecule has 4 aromatic rings. The predicted octanol–water partition coefficient (Wildman–Crippen LogP) is 5.73. The SMILES string of the molecule is COc1ccccc1CNC(=O)c1ccc(/C=C2\Oc3ccccc3N(Cc3cccc(F)c3)C2=O)cc1. The molecule has 6 nitrogen and oxygen atoms in total. The summed E-state index contributed by atoms with van der Waals surface area (Å²) in [4.78, 5) is 27.6. The van der Waals surface area contributed by atoms with Crippen molar-refractivity contribution in [2.24, 2.45) is 0 Å². The van der Waals surface area contributed by atoms with Crippen LogP contribution in [-0.2, 0) is 17.9 Å². The Balaban J connectivity index is 1.33. The Labute approximate surface area is 219 Å². The lowest BCUT2D eigenvalue weighted by atomic mass is 10.1. The molecule has 0 aliphatic carbocycles. The van der Waals surface area contributed by atoms with Crippen molar-refractivity contribution in [3.8, 4) is 11.5 Å². The van der Waals surface area contributed by atoms with Crippen LogP contribution in [0.4, 0.5) is 10.1 Å². The zero-order valence-electron chi connectivity index (χ0n) is 20.7. The van der Waals surface area contributed by atoms with E-state index in [9.17, 15) is 14.0 Å². The molecule has 0 saturated heterocycles. The number of fused-ring (bicyclic) bond motifs is 1. The van der Waals surface area contributed by atoms with Gasteiger partial charge in [0.05, 0.1) is 19.3 Å². The third kappa shape index (κ3) is 5.42. The minimum Gasteiger partial charge on any atom is -0.496 e. The van der Waals surface area contributed by atoms with Gasteiger partial charge in [0.25, 0.3) is 11.8 Å². The van der Waals surface area contributed by atoms with E-state index in [1.54, 1.807) is 66.6 Å². The number of nitrogens with one attached hydrogen (secondary N) is 1. The van der Waals surface area contributed by atoms with Gasteiger partial charge in [-0.2, -0.15) is 0 Å². The molecule has 0 spiro atoms. The molecule has 1 aliphatic heterocycles. The van der Waals surface area contributed by atoms with E-state index >= 15 is 0 Å². The number of carbonyl (C=O) groups excluding carboxylic acids is 2. The number of hydrogen-bond acceptors (Lipinski definition) is 4. The van der Waals surface area contributed by atoms with Gasteiger partial charge in [-0.15, -0.1) is 0 Å². The first-order valence-corrected chi connectivity index (χ1v) is 12.1. The van der Waals surface area contributed by atoms with Crippen molar-refractivity contribution in [3.63, 3.8) is 0 Å². The largest absolute Gasteiger partial charge is 0.496 e. The van der Waals surface area contributed by atoms with Crippen LogP contribution in [0.3, 0.4) is 0 Å². The summed E-state index contributed by atoms with van der Waals surface area (Å²) in [6, 6.07) is 27.8. The van der Waals surface area contributed by atoms with Gasteiger partial charge in [-0.25, -0.2) is 4.39 Å². The topological polar surface area (TPSA) is 67.9 Å². The van der Waals surface area contributed by atoms with Crippen LogP contribution in [-0.4, -0.2) is 18.9 Å². The number of amides is 2. The molecular formula is C31H25FN2O4. The summed E-state index contributed by atoms with van der Waals surface area (Å²) < 4.78 is 25.0. The molecule has 38 heavy (non-hydrogen) atoms. The number of rotatable bonds is 7. The lowest BCUT2D eigenvalue weighted by Gasteiger charge is -2.30. The molecule has 0 unspecified atom stereocenters. The smallest absolute Gasteiger partial charge is 0.294 e. The van der Waals surface area contributed by atoms with Gasteiger partial charge < -0.3 is 14.8 Å². The number of para-hydroxylation sites is 3. The quantitative estimate of drug-likeness (QED) is 0.324. The molecule has 1 N–H and O–H groups in total. The van der Waals surface area contributed by atoms with Crippen molar-refractivity contribution in [1.82, 2.24) is 5.32 Å². The maximum Gasteiger partial charge on any atom is 0.294 e. The van der Waals surface area contributed by atoms with Crippen LogP contribution >= 0.6 is 0 Å². The second-order valence-electron chi connectivity index (χ2n) is 8.72. The Bertz CT molecular complexity index is 1510. The maximum absolute atomic E-state index is 13.8. The highest BCUT2D eigenvalue weighted by Gasteiger charge is 2.30. The maximum atomic E-state index is 13.8. The van der Waals surface area contributed by atoms with Gasteiger partial charge in [-0.3, -0.25) is 14.5 Å². The first-order chi connectivity index (χ1) is 18.5. The fourth-order valence-electron chi connectivity index (χ4n) is 4.25. The van der Waals surface area contributed by atoms with Crippen molar-refractivity contribution in [3.05, 3.63) is 131 Å². The van der Waals surface area contributed by atoms with Crippen LogP contribution in [0, 0.1) is 5.82 Å². The molecule has 0 aromatic heterocycles. The van der Waals surface area contributed by atoms with E-state index in [0.29, 0.717) is 40.4 Å². The second-order valence-corrected chi connectivity index (χ2v) is 8.72. The molecule has 0 atom stereocenters. The Hall–Kier alpha value is -4.91. The molecule has 7 heteroatoms. The summed E-state index contributed by atoms with van der Waals surface area (Å²) in [5.74, 6) is 0.441. The molecule has 190 valence electrons. The number of methoxy groups -OCH3 is 1. The zero-order valence-corrected chi connectivity index (χ0v) is 20.7. The molecule has 0 saturated carbocycles. The van der Waals surface area contributed by atoms with Crippen molar-refractivity contribution < 1.29 is 23.5 Å². The van der Waals surface area contributed by atoms with E-state index in [1.165, 1.54) is 12.1 Å². The van der Waals surface area contributed by atoms with Crippen LogP contribution < -0.4 is 19.7 Å². The molecular weight excluding hydrogens is 483 g/mol. The molecule has 0 bridgehead atoms. The van der Waals surface area contributed by atoms with E-state index in [0.717, 1.165) is 5.56 Å². The second kappa shape index (κ2) is 11.0. The fourth-order valence-corrected chi connectivity index (χ4v) is 4.25. The summed E-state index contributed by atoms with van der Waals surface area (Å²) in [5.41, 5.74) is 3.33. The number of benzene rings is 4. The monoisotopic (exact) mass is 508 g/mol. The van der Waals surface area contributed by atoms with Gasteiger partial charge in [0.1, 0.15) is 11.6 Å². The summed E-state index contributed by atoms with van der Waals surface area (Å²) in [6.07, 6.45) is 1.63. The number of hydrogen-bond donors (Lipinski definition) is 1. The summed E-state index contributed by atoms with van der Waals surface area (Å²) >= 11 is 0. The average Bonchev–Trinajstić information content (AvgIpc) is 2.94. The van der Waals surface area contributed by atoms with Crippen molar-refractivity contribution in [2.45, 2.75) is 13.1 Å². The van der Waals surface area contributed by atoms with Gasteiger partial charge >= 0.3 is 0 Å². The molecule has 0 radical (unpaired) electrons. The lowest BCUT2D eigenvalue weighted by molar-refractivity contribution is -0.117. The van der Waals surface area contributed by atoms with Crippen molar-refractivity contribution in [2.75, 3.05) is 12.0 Å². The molecule has 2 amide bonds. The van der Waals surface area contributed by atoms with E-state index in [2.05, 4.69) is 5.32 Å². The summed E-state index contributed by atoms with van der Waals surface area (Å²) in [6.45, 7) is 0.525. The highest BCUT2D eigenvalue weighted by Crippen LogP contribution is 2.36. The standard InChI is InChI=1S/C31H25FN2O4/c1-37-27-11-4-2-8-24(27)19-33-30(35)23-15-13-21(14-16-23)18-29-31(36)34(20-22-7-6-9-25(32)17-22)26-10-3-5-12-28(26)38-29/h2-18H,19-20H2,1H3,(H,33,35)/b29-18-. The van der Waals surface area contributed by atoms with E-state index < -0.39 is 0 Å². The van der Waals surface area contributed by atoms with Crippen LogP contribution in [0.15, 0.2) is 103 Å². The number of ether oxygens (including phenoxy) is 2. The minimum absolute atomic E-state index is 0.133. The van der Waals surface area contributed by atoms with Crippen LogP contribution in [0.5, 0.6) is 11.5 Å². The Morgan fingerprint density at radius 3 is 2.53 bits per heavy atom. The molecule has 1 aliphatic rings. The van der Waals surface area contributed by atoms with Gasteiger partial charge in [0.15, 0.2) is 11.5 Å². The Kier molecular flexibility index (Phi) is 7.17. The van der Waals surface area contributed by atoms with Crippen LogP contribution in [0.2, 0.25) is 0 Å². The first-order valence-electron chi connectivity index (χ1n) is 12.1. The molecule has 1 heterocycles. The minimum atomic E-state index is -0.362. The third-order valence-electron chi connectivity index (χ3n) is 6.16. The van der Waals surface area contributed by atoms with Crippen molar-refractivity contribution in [1.29, 1.82) is 0 Å². The van der Waals surface area contributed by atoms with E-state index in [-0.39, 0.29) is 29.9 Å². The highest BCUT2D eigenvalue weighted by atomic mass is 19.1. The van der Waals surface area contributed by atoms with Gasteiger partial charge in [0.2, 0.25) is 0 Å². The average molecular weight is 509 g/mol. The van der Waals surface area contributed by atoms with Gasteiger partial charge in [-0.05, 0) is 59.7 Å². The Morgan fingerprint density at radius 1 is 0.974 bits per heavy atom. The number of halogens is 1. The van der Waals surface area contributed by atoms with E-state index in [4.69, 9.17) is 9.47 Å². The summed E-state index contributed by atoms with van der Waals surface area (Å²) in [7, 11) is 1.59. The third-order valence-corrected chi connectivity index (χ3v) is 6.16. The Morgan fingerprint density at radius 2 is 1.74 bits per heavy atom. The predicted molar refractivity (Wildman–Crippen MR) is 143 cm³/mol. The van der Waals surface area contributed by atoms with Crippen molar-refractivity contribution >= 4 is 23.6 Å². The summed E-state index contributed by atoms with van der Waals surface area (Å²) in [5, 5.41) is 2.90. The van der Waals surface area contributed by atoms with Crippen LogP contribution in [0.1, 0.15) is 27.0 Å². The highest BCUT2D eigenvalue weighted by molar-refractivity contribution is 6.09. The first kappa shape index (κ1) is 24.8. The fraction of sp³-hybridized carbons (Fsp3) is 0.0968. The van der Waals surface area contributed by atoms with Gasteiger partial charge in [-0.1, -0.05) is 54.6 Å². The zero-order chi connectivity index (χ0) is 26.5. The van der Waals surface area contributed by atoms with E-state index in [1.807, 2.05) is 36.4 Å². The number of anilines is 1. The number of nitrogens with zero attached hydrogens (tertiary/aromatic N) is 1. The number of carbonyl (C=O) groups is 2. The molecule has 5 rings (SSSR count). The molecule has 0 fully saturated rings. The molecule has 4 aromatic carbocycles. The van der Waals surface area contributed by atoms with Gasteiger partial charge in [0, 0.05) is 17.7 Å². The lowest BCUT2D eigenvalue weighted by Crippen LogP contribution is -2.36. The van der Waals surface area contributed by atoms with Crippen LogP contribution in [0.25, 0.3) is 6.08 Å².